The molecule has 1 nitrogen and oxygen atoms in total. The standard InChI is InChI=1S/C26H31BCl3N/c28-22-9-7-19(8-10-22)26-15-18(17-27-20-3-1-4-21(27)6-2-5-20)13-14-31(26)25-12-11-23(29)16-24(25)30/h7-12,16,18,20-21,26H,1-6,13-15,17H2. The molecule has 3 fully saturated rings. The van der Waals surface area contributed by atoms with Crippen LogP contribution in [0.25, 0.3) is 0 Å². The van der Waals surface area contributed by atoms with Crippen LogP contribution in [0, 0.1) is 5.92 Å². The Morgan fingerprint density at radius 3 is 2.10 bits per heavy atom. The lowest BCUT2D eigenvalue weighted by atomic mass is 9.25. The Balaban J connectivity index is 1.39. The van der Waals surface area contributed by atoms with Crippen molar-refractivity contribution in [3.63, 3.8) is 0 Å². The molecule has 3 saturated heterocycles. The van der Waals surface area contributed by atoms with E-state index in [9.17, 15) is 0 Å². The van der Waals surface area contributed by atoms with Gasteiger partial charge in [0.15, 0.2) is 0 Å². The van der Waals surface area contributed by atoms with Gasteiger partial charge in [-0.15, -0.1) is 0 Å². The Labute approximate surface area is 202 Å². The molecule has 0 spiro atoms. The van der Waals surface area contributed by atoms with Gasteiger partial charge in [-0.1, -0.05) is 103 Å². The van der Waals surface area contributed by atoms with E-state index in [1.807, 2.05) is 24.3 Å². The first-order valence-corrected chi connectivity index (χ1v) is 13.2. The van der Waals surface area contributed by atoms with Crippen molar-refractivity contribution in [1.82, 2.24) is 0 Å². The van der Waals surface area contributed by atoms with E-state index in [-0.39, 0.29) is 0 Å². The third-order valence-electron chi connectivity index (χ3n) is 8.30. The molecule has 5 rings (SSSR count). The van der Waals surface area contributed by atoms with Crippen molar-refractivity contribution in [3.8, 4) is 0 Å². The summed E-state index contributed by atoms with van der Waals surface area (Å²) in [6, 6.07) is 14.7. The van der Waals surface area contributed by atoms with Crippen LogP contribution in [0.3, 0.4) is 0 Å². The molecule has 2 bridgehead atoms. The highest BCUT2D eigenvalue weighted by atomic mass is 35.5. The van der Waals surface area contributed by atoms with Gasteiger partial charge in [0.05, 0.1) is 16.8 Å². The van der Waals surface area contributed by atoms with Crippen LogP contribution in [0.1, 0.15) is 63.0 Å². The first-order chi connectivity index (χ1) is 15.1. The highest BCUT2D eigenvalue weighted by Gasteiger charge is 2.41. The maximum Gasteiger partial charge on any atom is 0.146 e. The minimum atomic E-state index is 0.332. The van der Waals surface area contributed by atoms with Gasteiger partial charge in [-0.25, -0.2) is 0 Å². The Hall–Kier alpha value is -0.825. The molecule has 0 radical (unpaired) electrons. The maximum atomic E-state index is 6.65. The monoisotopic (exact) mass is 473 g/mol. The quantitative estimate of drug-likeness (QED) is 0.399. The van der Waals surface area contributed by atoms with Gasteiger partial charge in [-0.3, -0.25) is 0 Å². The van der Waals surface area contributed by atoms with Crippen molar-refractivity contribution in [2.75, 3.05) is 11.4 Å². The predicted molar refractivity (Wildman–Crippen MR) is 136 cm³/mol. The molecular formula is C26H31BCl3N. The molecule has 2 aromatic rings. The smallest absolute Gasteiger partial charge is 0.146 e. The number of anilines is 1. The number of halogens is 3. The molecule has 0 aliphatic carbocycles. The van der Waals surface area contributed by atoms with Gasteiger partial charge in [-0.2, -0.15) is 0 Å². The molecule has 3 heterocycles. The Morgan fingerprint density at radius 1 is 0.806 bits per heavy atom. The van der Waals surface area contributed by atoms with Gasteiger partial charge in [0.25, 0.3) is 0 Å². The normalized spacial score (nSPS) is 28.6. The van der Waals surface area contributed by atoms with Crippen molar-refractivity contribution in [2.24, 2.45) is 5.92 Å². The lowest BCUT2D eigenvalue weighted by Crippen LogP contribution is -2.41. The first-order valence-electron chi connectivity index (χ1n) is 12.1. The zero-order valence-electron chi connectivity index (χ0n) is 18.1. The third kappa shape index (κ3) is 4.77. The molecule has 0 N–H and O–H groups in total. The zero-order chi connectivity index (χ0) is 21.4. The summed E-state index contributed by atoms with van der Waals surface area (Å²) < 4.78 is 0. The van der Waals surface area contributed by atoms with Crippen LogP contribution in [0.5, 0.6) is 0 Å². The van der Waals surface area contributed by atoms with E-state index < -0.39 is 0 Å². The van der Waals surface area contributed by atoms with E-state index in [1.54, 1.807) is 0 Å². The number of benzene rings is 2. The van der Waals surface area contributed by atoms with Crippen molar-refractivity contribution in [3.05, 3.63) is 63.1 Å². The van der Waals surface area contributed by atoms with Crippen LogP contribution in [0.15, 0.2) is 42.5 Å². The summed E-state index contributed by atoms with van der Waals surface area (Å²) in [5.74, 6) is 2.77. The van der Waals surface area contributed by atoms with Crippen LogP contribution >= 0.6 is 34.8 Å². The molecule has 2 unspecified atom stereocenters. The second-order valence-corrected chi connectivity index (χ2v) is 11.3. The highest BCUT2D eigenvalue weighted by Crippen LogP contribution is 2.50. The average Bonchev–Trinajstić information content (AvgIpc) is 2.75. The van der Waals surface area contributed by atoms with Gasteiger partial charge in [0, 0.05) is 16.6 Å². The summed E-state index contributed by atoms with van der Waals surface area (Å²) in [5.41, 5.74) is 2.43. The van der Waals surface area contributed by atoms with Crippen LogP contribution in [-0.4, -0.2) is 13.3 Å². The lowest BCUT2D eigenvalue weighted by molar-refractivity contribution is 0.356. The highest BCUT2D eigenvalue weighted by molar-refractivity contribution is 6.62. The fourth-order valence-corrected chi connectivity index (χ4v) is 7.48. The van der Waals surface area contributed by atoms with Gasteiger partial charge >= 0.3 is 0 Å². The number of piperidine rings is 1. The van der Waals surface area contributed by atoms with E-state index in [2.05, 4.69) is 23.1 Å². The summed E-state index contributed by atoms with van der Waals surface area (Å²) in [6.07, 6.45) is 12.7. The Morgan fingerprint density at radius 2 is 1.45 bits per heavy atom. The molecule has 0 saturated carbocycles. The molecule has 2 atom stereocenters. The molecule has 2 aromatic carbocycles. The van der Waals surface area contributed by atoms with Crippen LogP contribution in [0.2, 0.25) is 33.0 Å². The third-order valence-corrected chi connectivity index (χ3v) is 9.09. The van der Waals surface area contributed by atoms with Crippen LogP contribution in [0.4, 0.5) is 5.69 Å². The van der Waals surface area contributed by atoms with Crippen molar-refractivity contribution in [1.29, 1.82) is 0 Å². The van der Waals surface area contributed by atoms with E-state index >= 15 is 0 Å². The minimum Gasteiger partial charge on any atom is -0.363 e. The van der Waals surface area contributed by atoms with E-state index in [0.717, 1.165) is 46.5 Å². The average molecular weight is 475 g/mol. The summed E-state index contributed by atoms with van der Waals surface area (Å²) >= 11 is 19.0. The summed E-state index contributed by atoms with van der Waals surface area (Å²) in [5, 5.41) is 2.23. The second-order valence-electron chi connectivity index (χ2n) is 10.0. The Kier molecular flexibility index (Phi) is 6.79. The van der Waals surface area contributed by atoms with Gasteiger partial charge in [-0.05, 0) is 54.7 Å². The lowest BCUT2D eigenvalue weighted by Gasteiger charge is -2.46. The van der Waals surface area contributed by atoms with Gasteiger partial charge in [0.1, 0.15) is 6.71 Å². The van der Waals surface area contributed by atoms with Gasteiger partial charge < -0.3 is 4.90 Å². The number of rotatable bonds is 4. The number of hydrogen-bond acceptors (Lipinski definition) is 1. The Bertz CT molecular complexity index is 880. The van der Waals surface area contributed by atoms with Crippen molar-refractivity contribution in [2.45, 2.75) is 75.4 Å². The van der Waals surface area contributed by atoms with E-state index in [4.69, 9.17) is 34.8 Å². The largest absolute Gasteiger partial charge is 0.363 e. The van der Waals surface area contributed by atoms with Crippen LogP contribution < -0.4 is 4.90 Å². The number of hydrogen-bond donors (Lipinski definition) is 0. The molecule has 3 aliphatic heterocycles. The second kappa shape index (κ2) is 9.58. The van der Waals surface area contributed by atoms with E-state index in [0.29, 0.717) is 11.1 Å². The summed E-state index contributed by atoms with van der Waals surface area (Å²) in [7, 11) is 0. The molecule has 31 heavy (non-hydrogen) atoms. The van der Waals surface area contributed by atoms with Crippen LogP contribution in [-0.2, 0) is 0 Å². The molecular weight excluding hydrogens is 443 g/mol. The molecule has 0 amide bonds. The van der Waals surface area contributed by atoms with Gasteiger partial charge in [0.2, 0.25) is 0 Å². The number of nitrogens with zero attached hydrogens (tertiary/aromatic N) is 1. The SMILES string of the molecule is Clc1ccc(C2CC(CB3C4CCCC3CCC4)CCN2c2ccc(Cl)cc2Cl)cc1. The fourth-order valence-electron chi connectivity index (χ4n) is 6.84. The topological polar surface area (TPSA) is 3.24 Å². The first kappa shape index (κ1) is 22.0. The van der Waals surface area contributed by atoms with Crippen molar-refractivity contribution < 1.29 is 0 Å². The van der Waals surface area contributed by atoms with E-state index in [1.165, 1.54) is 63.3 Å². The molecule has 0 aromatic heterocycles. The molecule has 5 heteroatoms. The predicted octanol–water partition coefficient (Wildman–Crippen LogP) is 9.21. The molecule has 3 aliphatic rings. The fraction of sp³-hybridized carbons (Fsp3) is 0.538. The zero-order valence-corrected chi connectivity index (χ0v) is 20.3. The number of fused-ring (bicyclic) bond motifs is 2. The van der Waals surface area contributed by atoms with Crippen molar-refractivity contribution >= 4 is 47.2 Å². The maximum absolute atomic E-state index is 6.65. The molecule has 164 valence electrons. The summed E-state index contributed by atoms with van der Waals surface area (Å²) in [6.45, 7) is 2.01. The minimum absolute atomic E-state index is 0.332. The summed E-state index contributed by atoms with van der Waals surface area (Å²) in [4.78, 5) is 2.50.